The highest BCUT2D eigenvalue weighted by atomic mass is 32.2. The van der Waals surface area contributed by atoms with Gasteiger partial charge in [0.05, 0.1) is 0 Å². The molecular formula is C13H22N2O2S2. The van der Waals surface area contributed by atoms with E-state index < -0.39 is 10.0 Å². The van der Waals surface area contributed by atoms with E-state index >= 15 is 0 Å². The molecule has 0 atom stereocenters. The molecule has 1 aliphatic rings. The number of sulfonamides is 1. The number of nitrogens with zero attached hydrogens (tertiary/aromatic N) is 1. The molecular weight excluding hydrogens is 280 g/mol. The third-order valence-corrected chi connectivity index (χ3v) is 7.23. The monoisotopic (exact) mass is 302 g/mol. The van der Waals surface area contributed by atoms with Crippen LogP contribution >= 0.6 is 11.3 Å². The topological polar surface area (TPSA) is 63.4 Å². The maximum Gasteiger partial charge on any atom is 0.244 e. The first kappa shape index (κ1) is 15.0. The predicted molar refractivity (Wildman–Crippen MR) is 78.7 cm³/mol. The summed E-state index contributed by atoms with van der Waals surface area (Å²) in [7, 11) is -3.38. The van der Waals surface area contributed by atoms with Gasteiger partial charge in [0.1, 0.15) is 4.90 Å². The molecule has 2 heterocycles. The van der Waals surface area contributed by atoms with E-state index in [1.165, 1.54) is 11.3 Å². The number of nitrogens with two attached hydrogens (primary N) is 1. The minimum atomic E-state index is -3.38. The Morgan fingerprint density at radius 3 is 2.47 bits per heavy atom. The Labute approximate surface area is 119 Å². The maximum absolute atomic E-state index is 12.7. The minimum Gasteiger partial charge on any atom is -0.326 e. The summed E-state index contributed by atoms with van der Waals surface area (Å²) in [4.78, 5) is 1.21. The summed E-state index contributed by atoms with van der Waals surface area (Å²) in [6.07, 6.45) is 1.82. The molecule has 1 aromatic rings. The van der Waals surface area contributed by atoms with Crippen LogP contribution in [0.4, 0.5) is 0 Å². The molecule has 1 saturated heterocycles. The standard InChI is InChI=1S/C13H22N2O2S2/c1-10-9-18-11(8-14)12(10)19(16,17)15-6-4-13(2,3)5-7-15/h9H,4-8,14H2,1-3H3. The molecule has 0 spiro atoms. The summed E-state index contributed by atoms with van der Waals surface area (Å²) in [5, 5.41) is 1.88. The van der Waals surface area contributed by atoms with Crippen molar-refractivity contribution in [2.75, 3.05) is 13.1 Å². The molecule has 1 aliphatic heterocycles. The van der Waals surface area contributed by atoms with E-state index in [1.807, 2.05) is 12.3 Å². The van der Waals surface area contributed by atoms with Crippen LogP contribution < -0.4 is 5.73 Å². The lowest BCUT2D eigenvalue weighted by atomic mass is 9.83. The Hall–Kier alpha value is -0.430. The van der Waals surface area contributed by atoms with Gasteiger partial charge in [0.2, 0.25) is 10.0 Å². The maximum atomic E-state index is 12.7. The smallest absolute Gasteiger partial charge is 0.244 e. The summed E-state index contributed by atoms with van der Waals surface area (Å²) in [5.74, 6) is 0. The van der Waals surface area contributed by atoms with Crippen LogP contribution in [0.3, 0.4) is 0 Å². The first-order valence-corrected chi connectivity index (χ1v) is 8.87. The van der Waals surface area contributed by atoms with Gasteiger partial charge in [-0.25, -0.2) is 8.42 Å². The lowest BCUT2D eigenvalue weighted by molar-refractivity contribution is 0.196. The van der Waals surface area contributed by atoms with Crippen LogP contribution in [0.1, 0.15) is 37.1 Å². The lowest BCUT2D eigenvalue weighted by Gasteiger charge is -2.36. The second kappa shape index (κ2) is 5.16. The normalized spacial score (nSPS) is 20.6. The fourth-order valence-corrected chi connectivity index (χ4v) is 5.53. The van der Waals surface area contributed by atoms with Gasteiger partial charge in [0.15, 0.2) is 0 Å². The van der Waals surface area contributed by atoms with Crippen LogP contribution in [0, 0.1) is 12.3 Å². The van der Waals surface area contributed by atoms with E-state index in [0.717, 1.165) is 23.3 Å². The van der Waals surface area contributed by atoms with Crippen molar-refractivity contribution < 1.29 is 8.42 Å². The Morgan fingerprint density at radius 1 is 1.37 bits per heavy atom. The van der Waals surface area contributed by atoms with Crippen LogP contribution in [0.15, 0.2) is 10.3 Å². The summed E-state index contributed by atoms with van der Waals surface area (Å²) >= 11 is 1.44. The van der Waals surface area contributed by atoms with Crippen LogP contribution in [0.5, 0.6) is 0 Å². The number of hydrogen-bond acceptors (Lipinski definition) is 4. The van der Waals surface area contributed by atoms with Crippen LogP contribution in [-0.2, 0) is 16.6 Å². The summed E-state index contributed by atoms with van der Waals surface area (Å²) in [5.41, 5.74) is 6.72. The van der Waals surface area contributed by atoms with E-state index in [9.17, 15) is 8.42 Å². The highest BCUT2D eigenvalue weighted by Crippen LogP contribution is 2.35. The van der Waals surface area contributed by atoms with E-state index in [-0.39, 0.29) is 12.0 Å². The molecule has 1 aromatic heterocycles. The zero-order valence-electron chi connectivity index (χ0n) is 11.8. The van der Waals surface area contributed by atoms with Gasteiger partial charge in [0, 0.05) is 24.5 Å². The molecule has 108 valence electrons. The van der Waals surface area contributed by atoms with Gasteiger partial charge < -0.3 is 5.73 Å². The van der Waals surface area contributed by atoms with Crippen LogP contribution in [-0.4, -0.2) is 25.8 Å². The van der Waals surface area contributed by atoms with Crippen molar-refractivity contribution >= 4 is 21.4 Å². The number of rotatable bonds is 3. The Morgan fingerprint density at radius 2 is 1.95 bits per heavy atom. The molecule has 4 nitrogen and oxygen atoms in total. The predicted octanol–water partition coefficient (Wildman–Crippen LogP) is 2.33. The first-order valence-electron chi connectivity index (χ1n) is 6.55. The van der Waals surface area contributed by atoms with Gasteiger partial charge in [0.25, 0.3) is 0 Å². The number of piperidine rings is 1. The van der Waals surface area contributed by atoms with Gasteiger partial charge >= 0.3 is 0 Å². The van der Waals surface area contributed by atoms with Crippen molar-refractivity contribution in [1.82, 2.24) is 4.31 Å². The SMILES string of the molecule is Cc1csc(CN)c1S(=O)(=O)N1CCC(C)(C)CC1. The molecule has 19 heavy (non-hydrogen) atoms. The highest BCUT2D eigenvalue weighted by molar-refractivity contribution is 7.89. The van der Waals surface area contributed by atoms with Gasteiger partial charge in [-0.15, -0.1) is 11.3 Å². The molecule has 0 bridgehead atoms. The van der Waals surface area contributed by atoms with Gasteiger partial charge in [-0.05, 0) is 36.1 Å². The first-order chi connectivity index (χ1) is 8.78. The number of thiophene rings is 1. The molecule has 0 saturated carbocycles. The van der Waals surface area contributed by atoms with Crippen molar-refractivity contribution in [2.45, 2.75) is 45.1 Å². The van der Waals surface area contributed by atoms with Gasteiger partial charge in [-0.1, -0.05) is 13.8 Å². The third-order valence-electron chi connectivity index (χ3n) is 3.85. The summed E-state index contributed by atoms with van der Waals surface area (Å²) in [6.45, 7) is 7.72. The Bertz CT molecular complexity index is 551. The Balaban J connectivity index is 2.31. The van der Waals surface area contributed by atoms with Gasteiger partial charge in [-0.3, -0.25) is 0 Å². The van der Waals surface area contributed by atoms with E-state index in [1.54, 1.807) is 4.31 Å². The average molecular weight is 302 g/mol. The molecule has 0 aliphatic carbocycles. The van der Waals surface area contributed by atoms with Crippen molar-refractivity contribution in [3.63, 3.8) is 0 Å². The van der Waals surface area contributed by atoms with Crippen LogP contribution in [0.2, 0.25) is 0 Å². The van der Waals surface area contributed by atoms with E-state index in [0.29, 0.717) is 18.0 Å². The van der Waals surface area contributed by atoms with Crippen molar-refractivity contribution in [3.05, 3.63) is 15.8 Å². The van der Waals surface area contributed by atoms with E-state index in [2.05, 4.69) is 13.8 Å². The third kappa shape index (κ3) is 2.86. The van der Waals surface area contributed by atoms with Crippen molar-refractivity contribution in [3.8, 4) is 0 Å². The second-order valence-corrected chi connectivity index (χ2v) is 8.78. The zero-order chi connectivity index (χ0) is 14.3. The minimum absolute atomic E-state index is 0.242. The quantitative estimate of drug-likeness (QED) is 0.932. The second-order valence-electron chi connectivity index (χ2n) is 5.94. The van der Waals surface area contributed by atoms with Crippen molar-refractivity contribution in [1.29, 1.82) is 0 Å². The summed E-state index contributed by atoms with van der Waals surface area (Å²) < 4.78 is 27.1. The fraction of sp³-hybridized carbons (Fsp3) is 0.692. The highest BCUT2D eigenvalue weighted by Gasteiger charge is 2.34. The molecule has 0 radical (unpaired) electrons. The number of hydrogen-bond donors (Lipinski definition) is 1. The van der Waals surface area contributed by atoms with E-state index in [4.69, 9.17) is 5.73 Å². The zero-order valence-corrected chi connectivity index (χ0v) is 13.4. The van der Waals surface area contributed by atoms with Gasteiger partial charge in [-0.2, -0.15) is 4.31 Å². The van der Waals surface area contributed by atoms with Crippen LogP contribution in [0.25, 0.3) is 0 Å². The lowest BCUT2D eigenvalue weighted by Crippen LogP contribution is -2.41. The largest absolute Gasteiger partial charge is 0.326 e. The molecule has 0 amide bonds. The molecule has 6 heteroatoms. The molecule has 2 N–H and O–H groups in total. The fourth-order valence-electron chi connectivity index (χ4n) is 2.44. The molecule has 2 rings (SSSR count). The number of aryl methyl sites for hydroxylation is 1. The molecule has 1 fully saturated rings. The summed E-state index contributed by atoms with van der Waals surface area (Å²) in [6, 6.07) is 0. The van der Waals surface area contributed by atoms with Crippen molar-refractivity contribution in [2.24, 2.45) is 11.1 Å². The average Bonchev–Trinajstić information content (AvgIpc) is 2.70. The molecule has 0 unspecified atom stereocenters. The molecule has 0 aromatic carbocycles. The Kier molecular flexibility index (Phi) is 4.07.